The average molecular weight is 412 g/mol. The lowest BCUT2D eigenvalue weighted by atomic mass is 9.93. The van der Waals surface area contributed by atoms with Crippen LogP contribution in [-0.2, 0) is 24.3 Å². The van der Waals surface area contributed by atoms with Crippen molar-refractivity contribution >= 4 is 17.5 Å². The maximum absolute atomic E-state index is 13.1. The number of hydrogen-bond donors (Lipinski definition) is 1. The Kier molecular flexibility index (Phi) is 6.53. The summed E-state index contributed by atoms with van der Waals surface area (Å²) < 4.78 is 0. The van der Waals surface area contributed by atoms with Crippen LogP contribution < -0.4 is 5.32 Å². The summed E-state index contributed by atoms with van der Waals surface area (Å²) in [6.07, 6.45) is 2.79. The quantitative estimate of drug-likeness (QED) is 0.811. The molecule has 29 heavy (non-hydrogen) atoms. The second-order valence-electron chi connectivity index (χ2n) is 8.20. The van der Waals surface area contributed by atoms with Crippen LogP contribution in [0.2, 0.25) is 5.02 Å². The fraction of sp³-hybridized carbons (Fsp3) is 0.458. The van der Waals surface area contributed by atoms with Gasteiger partial charge >= 0.3 is 0 Å². The lowest BCUT2D eigenvalue weighted by molar-refractivity contribution is -0.128. The maximum Gasteiger partial charge on any atom is 0.237 e. The van der Waals surface area contributed by atoms with Gasteiger partial charge in [-0.3, -0.25) is 14.6 Å². The molecule has 1 saturated heterocycles. The number of likely N-dealkylation sites (N-methyl/N-ethyl adjacent to an activating group) is 1. The molecule has 2 aromatic carbocycles. The van der Waals surface area contributed by atoms with E-state index in [0.29, 0.717) is 0 Å². The molecule has 1 fully saturated rings. The Hall–Kier alpha value is -1.88. The molecule has 1 N–H and O–H groups in total. The Balaban J connectivity index is 1.31. The standard InChI is InChI=1S/C24H30ClN3O/c1-2-28-17-19-8-4-3-7-18(19)15-23(28)24(29)26-21-11-13-27(14-12-21)16-20-9-5-6-10-22(20)25/h3-10,21,23H,2,11-17H2,1H3,(H,26,29). The molecule has 1 unspecified atom stereocenters. The summed E-state index contributed by atoms with van der Waals surface area (Å²) in [5.74, 6) is 0.186. The molecule has 2 aliphatic heterocycles. The highest BCUT2D eigenvalue weighted by Gasteiger charge is 2.32. The molecule has 0 bridgehead atoms. The summed E-state index contributed by atoms with van der Waals surface area (Å²) in [5, 5.41) is 4.18. The number of amides is 1. The van der Waals surface area contributed by atoms with E-state index in [1.807, 2.05) is 18.2 Å². The number of rotatable bonds is 5. The third-order valence-corrected chi connectivity index (χ3v) is 6.71. The number of nitrogens with one attached hydrogen (secondary N) is 1. The zero-order valence-electron chi connectivity index (χ0n) is 17.1. The minimum Gasteiger partial charge on any atom is -0.352 e. The van der Waals surface area contributed by atoms with E-state index in [2.05, 4.69) is 52.4 Å². The van der Waals surface area contributed by atoms with Crippen molar-refractivity contribution in [3.63, 3.8) is 0 Å². The highest BCUT2D eigenvalue weighted by Crippen LogP contribution is 2.24. The number of nitrogens with zero attached hydrogens (tertiary/aromatic N) is 2. The van der Waals surface area contributed by atoms with Crippen LogP contribution in [0.4, 0.5) is 0 Å². The van der Waals surface area contributed by atoms with E-state index in [4.69, 9.17) is 11.6 Å². The van der Waals surface area contributed by atoms with Crippen molar-refractivity contribution < 1.29 is 4.79 Å². The smallest absolute Gasteiger partial charge is 0.237 e. The monoisotopic (exact) mass is 411 g/mol. The Morgan fingerprint density at radius 3 is 2.48 bits per heavy atom. The first-order valence-electron chi connectivity index (χ1n) is 10.7. The van der Waals surface area contributed by atoms with E-state index >= 15 is 0 Å². The third-order valence-electron chi connectivity index (χ3n) is 6.34. The number of piperidine rings is 1. The van der Waals surface area contributed by atoms with Gasteiger partial charge < -0.3 is 5.32 Å². The van der Waals surface area contributed by atoms with Gasteiger partial charge in [0.25, 0.3) is 0 Å². The molecule has 154 valence electrons. The second kappa shape index (κ2) is 9.29. The van der Waals surface area contributed by atoms with Gasteiger partial charge in [0.2, 0.25) is 5.91 Å². The Bertz CT molecular complexity index is 848. The van der Waals surface area contributed by atoms with Crippen LogP contribution in [-0.4, -0.2) is 47.4 Å². The fourth-order valence-electron chi connectivity index (χ4n) is 4.57. The zero-order valence-corrected chi connectivity index (χ0v) is 17.9. The first kappa shape index (κ1) is 20.4. The van der Waals surface area contributed by atoms with Crippen LogP contribution in [0.15, 0.2) is 48.5 Å². The summed E-state index contributed by atoms with van der Waals surface area (Å²) >= 11 is 6.30. The predicted molar refractivity (Wildman–Crippen MR) is 118 cm³/mol. The Labute approximate surface area is 178 Å². The van der Waals surface area contributed by atoms with E-state index in [9.17, 15) is 4.79 Å². The number of carbonyl (C=O) groups excluding carboxylic acids is 1. The van der Waals surface area contributed by atoms with Gasteiger partial charge in [0.1, 0.15) is 0 Å². The summed E-state index contributed by atoms with van der Waals surface area (Å²) in [6.45, 7) is 6.75. The van der Waals surface area contributed by atoms with Gasteiger partial charge in [-0.2, -0.15) is 0 Å². The maximum atomic E-state index is 13.1. The molecule has 0 aromatic heterocycles. The molecule has 0 saturated carbocycles. The van der Waals surface area contributed by atoms with E-state index in [0.717, 1.165) is 57.0 Å². The molecule has 4 rings (SSSR count). The van der Waals surface area contributed by atoms with Gasteiger partial charge in [-0.25, -0.2) is 0 Å². The number of likely N-dealkylation sites (tertiary alicyclic amines) is 1. The summed E-state index contributed by atoms with van der Waals surface area (Å²) in [4.78, 5) is 17.8. The van der Waals surface area contributed by atoms with Crippen LogP contribution in [0.3, 0.4) is 0 Å². The molecule has 0 aliphatic carbocycles. The number of hydrogen-bond acceptors (Lipinski definition) is 3. The second-order valence-corrected chi connectivity index (χ2v) is 8.61. The summed E-state index contributed by atoms with van der Waals surface area (Å²) in [5.41, 5.74) is 3.84. The van der Waals surface area contributed by atoms with Crippen molar-refractivity contribution in [2.75, 3.05) is 19.6 Å². The van der Waals surface area contributed by atoms with Crippen LogP contribution in [0.25, 0.3) is 0 Å². The van der Waals surface area contributed by atoms with E-state index in [1.54, 1.807) is 0 Å². The topological polar surface area (TPSA) is 35.6 Å². The first-order valence-corrected chi connectivity index (χ1v) is 11.1. The van der Waals surface area contributed by atoms with Crippen molar-refractivity contribution in [2.45, 2.75) is 51.4 Å². The van der Waals surface area contributed by atoms with Gasteiger partial charge in [-0.15, -0.1) is 0 Å². The molecular formula is C24H30ClN3O. The van der Waals surface area contributed by atoms with Crippen molar-refractivity contribution in [1.29, 1.82) is 0 Å². The van der Waals surface area contributed by atoms with Gasteiger partial charge in [0.15, 0.2) is 0 Å². The number of halogens is 1. The highest BCUT2D eigenvalue weighted by atomic mass is 35.5. The van der Waals surface area contributed by atoms with Gasteiger partial charge in [-0.05, 0) is 48.6 Å². The number of carbonyl (C=O) groups is 1. The predicted octanol–water partition coefficient (Wildman–Crippen LogP) is 3.87. The lowest BCUT2D eigenvalue weighted by Crippen LogP contribution is -2.54. The minimum absolute atomic E-state index is 0.0592. The molecule has 0 radical (unpaired) electrons. The molecule has 2 aromatic rings. The van der Waals surface area contributed by atoms with E-state index in [1.165, 1.54) is 16.7 Å². The molecule has 0 spiro atoms. The third kappa shape index (κ3) is 4.82. The molecule has 1 amide bonds. The zero-order chi connectivity index (χ0) is 20.2. The first-order chi connectivity index (χ1) is 14.1. The summed E-state index contributed by atoms with van der Waals surface area (Å²) in [6, 6.07) is 16.8. The van der Waals surface area contributed by atoms with Gasteiger partial charge in [0, 0.05) is 37.2 Å². The Morgan fingerprint density at radius 2 is 1.76 bits per heavy atom. The Morgan fingerprint density at radius 1 is 1.07 bits per heavy atom. The van der Waals surface area contributed by atoms with E-state index < -0.39 is 0 Å². The fourth-order valence-corrected chi connectivity index (χ4v) is 4.76. The normalized spacial score (nSPS) is 21.0. The molecule has 5 heteroatoms. The SMILES string of the molecule is CCN1Cc2ccccc2CC1C(=O)NC1CCN(Cc2ccccc2Cl)CC1. The highest BCUT2D eigenvalue weighted by molar-refractivity contribution is 6.31. The average Bonchev–Trinajstić information content (AvgIpc) is 2.75. The molecule has 1 atom stereocenters. The summed E-state index contributed by atoms with van der Waals surface area (Å²) in [7, 11) is 0. The number of fused-ring (bicyclic) bond motifs is 1. The minimum atomic E-state index is -0.0592. The van der Waals surface area contributed by atoms with E-state index in [-0.39, 0.29) is 18.0 Å². The van der Waals surface area contributed by atoms with Crippen molar-refractivity contribution in [3.8, 4) is 0 Å². The van der Waals surface area contributed by atoms with Crippen molar-refractivity contribution in [2.24, 2.45) is 0 Å². The van der Waals surface area contributed by atoms with Gasteiger partial charge in [0.05, 0.1) is 6.04 Å². The molecule has 2 aliphatic rings. The van der Waals surface area contributed by atoms with Crippen LogP contribution in [0.5, 0.6) is 0 Å². The van der Waals surface area contributed by atoms with Crippen LogP contribution in [0.1, 0.15) is 36.5 Å². The van der Waals surface area contributed by atoms with Crippen molar-refractivity contribution in [1.82, 2.24) is 15.1 Å². The van der Waals surface area contributed by atoms with Crippen LogP contribution >= 0.6 is 11.6 Å². The van der Waals surface area contributed by atoms with Crippen molar-refractivity contribution in [3.05, 3.63) is 70.2 Å². The molecule has 2 heterocycles. The van der Waals surface area contributed by atoms with Gasteiger partial charge in [-0.1, -0.05) is 61.0 Å². The van der Waals surface area contributed by atoms with Crippen LogP contribution in [0, 0.1) is 0 Å². The molecular weight excluding hydrogens is 382 g/mol. The largest absolute Gasteiger partial charge is 0.352 e. The molecule has 4 nitrogen and oxygen atoms in total. The number of benzene rings is 2. The lowest BCUT2D eigenvalue weighted by Gasteiger charge is -2.37.